The lowest BCUT2D eigenvalue weighted by atomic mass is 9.48. The second-order valence-electron chi connectivity index (χ2n) is 11.0. The first kappa shape index (κ1) is 19.4. The maximum absolute atomic E-state index is 12.6. The molecule has 0 heterocycles. The van der Waals surface area contributed by atoms with Gasteiger partial charge in [0.1, 0.15) is 5.78 Å². The molecule has 148 valence electrons. The zero-order chi connectivity index (χ0) is 18.7. The van der Waals surface area contributed by atoms with E-state index in [9.17, 15) is 9.90 Å². The highest BCUT2D eigenvalue weighted by Crippen LogP contribution is 2.66. The van der Waals surface area contributed by atoms with Gasteiger partial charge in [-0.3, -0.25) is 4.79 Å². The van der Waals surface area contributed by atoms with Gasteiger partial charge in [-0.2, -0.15) is 0 Å². The zero-order valence-electron chi connectivity index (χ0n) is 16.9. The molecule has 0 aliphatic heterocycles. The normalized spacial score (nSPS) is 54.0. The van der Waals surface area contributed by atoms with Crippen molar-refractivity contribution >= 4 is 21.7 Å². The Bertz CT molecular complexity index is 573. The summed E-state index contributed by atoms with van der Waals surface area (Å²) in [6.07, 6.45) is 12.1. The number of hydrogen-bond acceptors (Lipinski definition) is 2. The fraction of sp³-hybridized carbons (Fsp3) is 0.957. The van der Waals surface area contributed by atoms with E-state index in [0.29, 0.717) is 22.4 Å². The number of carbonyl (C=O) groups is 1. The smallest absolute Gasteiger partial charge is 0.147 e. The number of hydrogen-bond donors (Lipinski definition) is 1. The molecule has 4 saturated carbocycles. The number of carbonyl (C=O) groups excluding carboxylic acids is 1. The van der Waals surface area contributed by atoms with Gasteiger partial charge in [0.15, 0.2) is 0 Å². The van der Waals surface area contributed by atoms with Gasteiger partial charge < -0.3 is 5.11 Å². The van der Waals surface area contributed by atoms with Crippen LogP contribution in [-0.4, -0.2) is 21.8 Å². The van der Waals surface area contributed by atoms with Gasteiger partial charge >= 0.3 is 0 Å². The molecule has 8 atom stereocenters. The minimum absolute atomic E-state index is 0.238. The third-order valence-electron chi connectivity index (χ3n) is 9.72. The van der Waals surface area contributed by atoms with Crippen LogP contribution in [0.1, 0.15) is 85.0 Å². The summed E-state index contributed by atoms with van der Waals surface area (Å²) in [6, 6.07) is 0. The van der Waals surface area contributed by atoms with Crippen molar-refractivity contribution in [3.63, 3.8) is 0 Å². The van der Waals surface area contributed by atoms with E-state index >= 15 is 0 Å². The van der Waals surface area contributed by atoms with E-state index in [4.69, 9.17) is 0 Å². The second-order valence-corrected chi connectivity index (χ2v) is 11.5. The predicted octanol–water partition coefficient (Wildman–Crippen LogP) is 5.75. The average molecular weight is 425 g/mol. The van der Waals surface area contributed by atoms with Crippen molar-refractivity contribution in [2.24, 2.45) is 40.4 Å². The second kappa shape index (κ2) is 6.58. The summed E-state index contributed by atoms with van der Waals surface area (Å²) in [6.45, 7) is 7.07. The van der Waals surface area contributed by atoms with E-state index in [2.05, 4.69) is 36.7 Å². The number of Topliss-reactive ketones (excluding diaryl/α,β-unsaturated/α-hetero) is 1. The third-order valence-corrected chi connectivity index (χ3v) is 10.3. The van der Waals surface area contributed by atoms with E-state index in [0.717, 1.165) is 37.0 Å². The van der Waals surface area contributed by atoms with Crippen LogP contribution in [0.5, 0.6) is 0 Å². The van der Waals surface area contributed by atoms with Gasteiger partial charge in [0, 0.05) is 5.92 Å². The lowest BCUT2D eigenvalue weighted by Crippen LogP contribution is -2.51. The van der Waals surface area contributed by atoms with Crippen molar-refractivity contribution in [1.82, 2.24) is 0 Å². The van der Waals surface area contributed by atoms with Crippen molar-refractivity contribution < 1.29 is 9.90 Å². The van der Waals surface area contributed by atoms with Gasteiger partial charge in [-0.25, -0.2) is 0 Å². The molecule has 4 aliphatic rings. The maximum atomic E-state index is 12.6. The molecule has 0 spiro atoms. The molecule has 0 saturated heterocycles. The van der Waals surface area contributed by atoms with Crippen LogP contribution in [0, 0.1) is 40.4 Å². The van der Waals surface area contributed by atoms with Crippen molar-refractivity contribution in [2.45, 2.75) is 90.6 Å². The van der Waals surface area contributed by atoms with Crippen LogP contribution in [0.4, 0.5) is 0 Å². The molecule has 4 fully saturated rings. The first-order chi connectivity index (χ1) is 12.2. The Balaban J connectivity index is 1.63. The Labute approximate surface area is 168 Å². The first-order valence-electron chi connectivity index (χ1n) is 11.0. The number of ketones is 1. The predicted molar refractivity (Wildman–Crippen MR) is 109 cm³/mol. The molecule has 26 heavy (non-hydrogen) atoms. The standard InChI is InChI=1S/C23H37BrO2/c1-21(26)11-12-22(2)15(13-21)5-4-6-16-17-7-8-19(20(25)14-24)23(17,3)10-9-18(16)22/h15-19,26H,4-14H2,1-3H3/t15-,16+,17-,18-,19+,21+,22-,23-/m0/s1. The van der Waals surface area contributed by atoms with Gasteiger partial charge in [-0.1, -0.05) is 36.2 Å². The molecular formula is C23H37BrO2. The van der Waals surface area contributed by atoms with Crippen molar-refractivity contribution in [3.8, 4) is 0 Å². The van der Waals surface area contributed by atoms with Gasteiger partial charge in [-0.15, -0.1) is 0 Å². The largest absolute Gasteiger partial charge is 0.390 e. The molecule has 2 nitrogen and oxygen atoms in total. The summed E-state index contributed by atoms with van der Waals surface area (Å²) >= 11 is 3.44. The lowest BCUT2D eigenvalue weighted by Gasteiger charge is -2.57. The summed E-state index contributed by atoms with van der Waals surface area (Å²) in [5.74, 6) is 3.77. The van der Waals surface area contributed by atoms with Gasteiger partial charge in [0.2, 0.25) is 0 Å². The average Bonchev–Trinajstić information content (AvgIpc) is 2.87. The number of fused-ring (bicyclic) bond motifs is 5. The molecule has 1 N–H and O–H groups in total. The molecular weight excluding hydrogens is 388 g/mol. The van der Waals surface area contributed by atoms with Crippen LogP contribution >= 0.6 is 15.9 Å². The molecule has 0 unspecified atom stereocenters. The van der Waals surface area contributed by atoms with Gasteiger partial charge in [0.05, 0.1) is 10.9 Å². The summed E-state index contributed by atoms with van der Waals surface area (Å²) in [5.41, 5.74) is 0.193. The highest BCUT2D eigenvalue weighted by atomic mass is 79.9. The van der Waals surface area contributed by atoms with Crippen molar-refractivity contribution in [1.29, 1.82) is 0 Å². The van der Waals surface area contributed by atoms with Gasteiger partial charge in [-0.05, 0) is 99.2 Å². The van der Waals surface area contributed by atoms with E-state index in [-0.39, 0.29) is 11.3 Å². The molecule has 0 aromatic carbocycles. The Morgan fingerprint density at radius 1 is 0.962 bits per heavy atom. The van der Waals surface area contributed by atoms with Crippen molar-refractivity contribution in [2.75, 3.05) is 5.33 Å². The molecule has 3 heteroatoms. The van der Waals surface area contributed by atoms with Crippen LogP contribution < -0.4 is 0 Å². The minimum atomic E-state index is -0.450. The topological polar surface area (TPSA) is 37.3 Å². The number of aliphatic hydroxyl groups is 1. The lowest BCUT2D eigenvalue weighted by molar-refractivity contribution is -0.130. The number of rotatable bonds is 2. The molecule has 0 aromatic rings. The van der Waals surface area contributed by atoms with Crippen LogP contribution in [-0.2, 0) is 4.79 Å². The van der Waals surface area contributed by atoms with E-state index in [1.54, 1.807) is 0 Å². The Morgan fingerprint density at radius 2 is 1.69 bits per heavy atom. The Morgan fingerprint density at radius 3 is 2.42 bits per heavy atom. The number of halogens is 1. The summed E-state index contributed by atoms with van der Waals surface area (Å²) in [5, 5.41) is 11.2. The van der Waals surface area contributed by atoms with E-state index in [1.165, 1.54) is 44.9 Å². The van der Waals surface area contributed by atoms with Gasteiger partial charge in [0.25, 0.3) is 0 Å². The molecule has 0 amide bonds. The highest BCUT2D eigenvalue weighted by molar-refractivity contribution is 9.09. The number of alkyl halides is 1. The molecule has 4 rings (SSSR count). The fourth-order valence-corrected chi connectivity index (χ4v) is 8.65. The minimum Gasteiger partial charge on any atom is -0.390 e. The molecule has 0 aromatic heterocycles. The Kier molecular flexibility index (Phi) is 4.91. The van der Waals surface area contributed by atoms with Crippen LogP contribution in [0.15, 0.2) is 0 Å². The van der Waals surface area contributed by atoms with Crippen LogP contribution in [0.2, 0.25) is 0 Å². The van der Waals surface area contributed by atoms with Crippen molar-refractivity contribution in [3.05, 3.63) is 0 Å². The molecule has 4 aliphatic carbocycles. The zero-order valence-corrected chi connectivity index (χ0v) is 18.5. The highest BCUT2D eigenvalue weighted by Gasteiger charge is 2.60. The van der Waals surface area contributed by atoms with E-state index in [1.807, 2.05) is 0 Å². The molecule has 0 radical (unpaired) electrons. The first-order valence-corrected chi connectivity index (χ1v) is 12.1. The maximum Gasteiger partial charge on any atom is 0.147 e. The quantitative estimate of drug-likeness (QED) is 0.572. The SMILES string of the molecule is C[C@@]1(O)CC[C@@]2(C)[C@@H](CCC[C@H]3[C@@H]2CC[C@]2(C)[C@@H](C(=O)CBr)CC[C@@H]32)C1. The third kappa shape index (κ3) is 2.86. The molecule has 0 bridgehead atoms. The Hall–Kier alpha value is 0.110. The monoisotopic (exact) mass is 424 g/mol. The summed E-state index contributed by atoms with van der Waals surface area (Å²) < 4.78 is 0. The summed E-state index contributed by atoms with van der Waals surface area (Å²) in [4.78, 5) is 12.6. The van der Waals surface area contributed by atoms with E-state index < -0.39 is 5.60 Å². The fourth-order valence-electron chi connectivity index (χ4n) is 8.26. The van der Waals surface area contributed by atoms with Crippen LogP contribution in [0.3, 0.4) is 0 Å². The summed E-state index contributed by atoms with van der Waals surface area (Å²) in [7, 11) is 0. The van der Waals surface area contributed by atoms with Crippen LogP contribution in [0.25, 0.3) is 0 Å².